The van der Waals surface area contributed by atoms with Crippen LogP contribution in [0.5, 0.6) is 0 Å². The Labute approximate surface area is 143 Å². The standard InChI is InChI=1S/C18H28N4O2/c1-13(23)22-7-2-3-14-11-15(16(19)12-17(14)22)18(24)4-8-21-9-5-20-6-10-21/h11-12,18,20,24H,2-10,19H2,1H3. The number of aliphatic hydroxyl groups excluding tert-OH is 1. The lowest BCUT2D eigenvalue weighted by Crippen LogP contribution is -2.44. The molecule has 1 saturated heterocycles. The van der Waals surface area contributed by atoms with Gasteiger partial charge in [-0.05, 0) is 37.0 Å². The number of nitrogens with one attached hydrogen (secondary N) is 1. The summed E-state index contributed by atoms with van der Waals surface area (Å²) in [5, 5.41) is 13.9. The number of nitrogens with two attached hydrogens (primary N) is 1. The van der Waals surface area contributed by atoms with Crippen molar-refractivity contribution >= 4 is 17.3 Å². The van der Waals surface area contributed by atoms with E-state index in [1.165, 1.54) is 0 Å². The van der Waals surface area contributed by atoms with Crippen molar-refractivity contribution < 1.29 is 9.90 Å². The third kappa shape index (κ3) is 3.71. The number of nitrogen functional groups attached to an aromatic ring is 1. The lowest BCUT2D eigenvalue weighted by atomic mass is 9.94. The van der Waals surface area contributed by atoms with E-state index in [0.29, 0.717) is 12.1 Å². The van der Waals surface area contributed by atoms with Crippen LogP contribution in [-0.4, -0.2) is 55.2 Å². The molecule has 2 aliphatic rings. The normalized spacial score (nSPS) is 19.8. The second kappa shape index (κ2) is 7.51. The van der Waals surface area contributed by atoms with Crippen molar-refractivity contribution in [2.24, 2.45) is 0 Å². The number of aliphatic hydroxyl groups is 1. The first-order valence-electron chi connectivity index (χ1n) is 8.88. The second-order valence-corrected chi connectivity index (χ2v) is 6.78. The summed E-state index contributed by atoms with van der Waals surface area (Å²) < 4.78 is 0. The highest BCUT2D eigenvalue weighted by Crippen LogP contribution is 2.34. The summed E-state index contributed by atoms with van der Waals surface area (Å²) in [5.74, 6) is 0.0438. The Morgan fingerprint density at radius 3 is 2.79 bits per heavy atom. The first kappa shape index (κ1) is 17.2. The monoisotopic (exact) mass is 332 g/mol. The van der Waals surface area contributed by atoms with Gasteiger partial charge in [0, 0.05) is 63.1 Å². The van der Waals surface area contributed by atoms with Gasteiger partial charge in [0.1, 0.15) is 0 Å². The molecule has 0 aliphatic carbocycles. The zero-order valence-corrected chi connectivity index (χ0v) is 14.4. The molecule has 0 radical (unpaired) electrons. The fraction of sp³-hybridized carbons (Fsp3) is 0.611. The fourth-order valence-corrected chi connectivity index (χ4v) is 3.68. The van der Waals surface area contributed by atoms with Crippen LogP contribution in [-0.2, 0) is 11.2 Å². The number of aryl methyl sites for hydroxylation is 1. The van der Waals surface area contributed by atoms with E-state index in [1.54, 1.807) is 11.8 Å². The van der Waals surface area contributed by atoms with E-state index in [-0.39, 0.29) is 5.91 Å². The van der Waals surface area contributed by atoms with Gasteiger partial charge in [0.2, 0.25) is 5.91 Å². The number of piperazine rings is 1. The Morgan fingerprint density at radius 2 is 2.08 bits per heavy atom. The molecule has 0 bridgehead atoms. The first-order chi connectivity index (χ1) is 11.6. The summed E-state index contributed by atoms with van der Waals surface area (Å²) >= 11 is 0. The number of fused-ring (bicyclic) bond motifs is 1. The maximum Gasteiger partial charge on any atom is 0.223 e. The third-order valence-electron chi connectivity index (χ3n) is 5.07. The summed E-state index contributed by atoms with van der Waals surface area (Å²) in [7, 11) is 0. The Kier molecular flexibility index (Phi) is 5.38. The molecule has 6 heteroatoms. The topological polar surface area (TPSA) is 81.8 Å². The number of carbonyl (C=O) groups excluding carboxylic acids is 1. The summed E-state index contributed by atoms with van der Waals surface area (Å²) in [6.45, 7) is 7.28. The van der Waals surface area contributed by atoms with Gasteiger partial charge in [-0.3, -0.25) is 4.79 Å². The molecule has 6 nitrogen and oxygen atoms in total. The second-order valence-electron chi connectivity index (χ2n) is 6.78. The molecule has 1 amide bonds. The summed E-state index contributed by atoms with van der Waals surface area (Å²) in [5.41, 5.74) is 9.59. The zero-order valence-electron chi connectivity index (χ0n) is 14.4. The van der Waals surface area contributed by atoms with E-state index < -0.39 is 6.10 Å². The van der Waals surface area contributed by atoms with Crippen LogP contribution < -0.4 is 16.0 Å². The highest BCUT2D eigenvalue weighted by atomic mass is 16.3. The number of carbonyl (C=O) groups is 1. The minimum atomic E-state index is -0.558. The van der Waals surface area contributed by atoms with Crippen molar-refractivity contribution in [2.45, 2.75) is 32.3 Å². The quantitative estimate of drug-likeness (QED) is 0.714. The molecular weight excluding hydrogens is 304 g/mol. The van der Waals surface area contributed by atoms with Crippen molar-refractivity contribution in [3.8, 4) is 0 Å². The van der Waals surface area contributed by atoms with Gasteiger partial charge in [-0.2, -0.15) is 0 Å². The van der Waals surface area contributed by atoms with Crippen molar-refractivity contribution in [3.05, 3.63) is 23.3 Å². The number of nitrogens with zero attached hydrogens (tertiary/aromatic N) is 2. The van der Waals surface area contributed by atoms with Crippen LogP contribution in [0.3, 0.4) is 0 Å². The van der Waals surface area contributed by atoms with E-state index in [4.69, 9.17) is 5.73 Å². The molecule has 1 aromatic rings. The van der Waals surface area contributed by atoms with Crippen LogP contribution in [0.4, 0.5) is 11.4 Å². The van der Waals surface area contributed by atoms with E-state index in [2.05, 4.69) is 10.2 Å². The Morgan fingerprint density at radius 1 is 1.33 bits per heavy atom. The largest absolute Gasteiger partial charge is 0.398 e. The van der Waals surface area contributed by atoms with Gasteiger partial charge in [0.25, 0.3) is 0 Å². The maximum atomic E-state index is 11.8. The highest BCUT2D eigenvalue weighted by molar-refractivity contribution is 5.93. The average molecular weight is 332 g/mol. The zero-order chi connectivity index (χ0) is 17.1. The Bertz CT molecular complexity index is 599. The van der Waals surface area contributed by atoms with Gasteiger partial charge < -0.3 is 26.0 Å². The maximum absolute atomic E-state index is 11.8. The van der Waals surface area contributed by atoms with Crippen LogP contribution in [0, 0.1) is 0 Å². The van der Waals surface area contributed by atoms with Gasteiger partial charge >= 0.3 is 0 Å². The molecule has 1 atom stereocenters. The SMILES string of the molecule is CC(=O)N1CCCc2cc(C(O)CCN3CCNCC3)c(N)cc21. The van der Waals surface area contributed by atoms with E-state index >= 15 is 0 Å². The average Bonchev–Trinajstić information content (AvgIpc) is 2.59. The van der Waals surface area contributed by atoms with Crippen molar-refractivity contribution in [3.63, 3.8) is 0 Å². The number of rotatable bonds is 4. The van der Waals surface area contributed by atoms with Crippen LogP contribution in [0.25, 0.3) is 0 Å². The number of amides is 1. The molecule has 4 N–H and O–H groups in total. The predicted octanol–water partition coefficient (Wildman–Crippen LogP) is 0.897. The van der Waals surface area contributed by atoms with Gasteiger partial charge in [0.05, 0.1) is 6.10 Å². The Balaban J connectivity index is 1.72. The minimum absolute atomic E-state index is 0.0438. The summed E-state index contributed by atoms with van der Waals surface area (Å²) in [4.78, 5) is 15.9. The van der Waals surface area contributed by atoms with Crippen LogP contribution in [0.15, 0.2) is 12.1 Å². The highest BCUT2D eigenvalue weighted by Gasteiger charge is 2.23. The molecule has 0 aromatic heterocycles. The molecule has 1 fully saturated rings. The van der Waals surface area contributed by atoms with Gasteiger partial charge in [-0.25, -0.2) is 0 Å². The molecule has 2 heterocycles. The lowest BCUT2D eigenvalue weighted by molar-refractivity contribution is -0.116. The summed E-state index contributed by atoms with van der Waals surface area (Å²) in [6, 6.07) is 3.86. The van der Waals surface area contributed by atoms with Crippen LogP contribution in [0.2, 0.25) is 0 Å². The molecule has 132 valence electrons. The molecule has 0 saturated carbocycles. The smallest absolute Gasteiger partial charge is 0.223 e. The number of anilines is 2. The first-order valence-corrected chi connectivity index (χ1v) is 8.88. The molecule has 1 aromatic carbocycles. The summed E-state index contributed by atoms with van der Waals surface area (Å²) in [6.07, 6.45) is 2.00. The minimum Gasteiger partial charge on any atom is -0.398 e. The van der Waals surface area contributed by atoms with Gasteiger partial charge in [0.15, 0.2) is 0 Å². The van der Waals surface area contributed by atoms with E-state index in [0.717, 1.165) is 68.9 Å². The van der Waals surface area contributed by atoms with Crippen LogP contribution >= 0.6 is 0 Å². The number of hydrogen-bond acceptors (Lipinski definition) is 5. The Hall–Kier alpha value is -1.63. The molecular formula is C18H28N4O2. The predicted molar refractivity (Wildman–Crippen MR) is 96.1 cm³/mol. The van der Waals surface area contributed by atoms with Crippen molar-refractivity contribution in [1.82, 2.24) is 10.2 Å². The van der Waals surface area contributed by atoms with E-state index in [1.807, 2.05) is 12.1 Å². The molecule has 24 heavy (non-hydrogen) atoms. The van der Waals surface area contributed by atoms with Crippen molar-refractivity contribution in [1.29, 1.82) is 0 Å². The molecule has 1 unspecified atom stereocenters. The fourth-order valence-electron chi connectivity index (χ4n) is 3.68. The lowest BCUT2D eigenvalue weighted by Gasteiger charge is -2.31. The van der Waals surface area contributed by atoms with Gasteiger partial charge in [-0.15, -0.1) is 0 Å². The van der Waals surface area contributed by atoms with Gasteiger partial charge in [-0.1, -0.05) is 0 Å². The molecule has 2 aliphatic heterocycles. The van der Waals surface area contributed by atoms with E-state index in [9.17, 15) is 9.90 Å². The molecule has 0 spiro atoms. The van der Waals surface area contributed by atoms with Crippen LogP contribution in [0.1, 0.15) is 37.0 Å². The third-order valence-corrected chi connectivity index (χ3v) is 5.07. The number of benzene rings is 1. The molecule has 3 rings (SSSR count). The number of hydrogen-bond donors (Lipinski definition) is 3. The van der Waals surface area contributed by atoms with Crippen molar-refractivity contribution in [2.75, 3.05) is 49.9 Å².